The number of benzene rings is 2. The molecule has 0 aliphatic carbocycles. The summed E-state index contributed by atoms with van der Waals surface area (Å²) in [6.45, 7) is 6.81. The summed E-state index contributed by atoms with van der Waals surface area (Å²) in [6, 6.07) is 19.9. The van der Waals surface area contributed by atoms with Crippen molar-refractivity contribution in [1.29, 1.82) is 0 Å². The van der Waals surface area contributed by atoms with E-state index in [0.29, 0.717) is 38.6 Å². The maximum atomic E-state index is 12.3. The Morgan fingerprint density at radius 2 is 1.67 bits per heavy atom. The summed E-state index contributed by atoms with van der Waals surface area (Å²) in [4.78, 5) is 24.0. The number of carbonyl (C=O) groups is 1. The van der Waals surface area contributed by atoms with Crippen LogP contribution in [0.25, 0.3) is 0 Å². The van der Waals surface area contributed by atoms with Crippen molar-refractivity contribution in [2.24, 2.45) is 0 Å². The van der Waals surface area contributed by atoms with Crippen LogP contribution in [0.5, 0.6) is 0 Å². The quantitative estimate of drug-likeness (QED) is 0.298. The van der Waals surface area contributed by atoms with Gasteiger partial charge in [-0.1, -0.05) is 87.9 Å². The molecule has 2 aromatic rings. The number of carbonyl (C=O) groups excluding carboxylic acids is 1. The molecule has 0 spiro atoms. The number of ether oxygens (including phenoxy) is 2. The van der Waals surface area contributed by atoms with Gasteiger partial charge in [0.25, 0.3) is 14.1 Å². The molecule has 33 heavy (non-hydrogen) atoms. The molecule has 180 valence electrons. The molecule has 3 rings (SSSR count). The van der Waals surface area contributed by atoms with E-state index in [9.17, 15) is 14.7 Å². The van der Waals surface area contributed by atoms with Gasteiger partial charge in [-0.2, -0.15) is 0 Å². The van der Waals surface area contributed by atoms with Crippen molar-refractivity contribution in [1.82, 2.24) is 0 Å². The Bertz CT molecular complexity index is 833. The summed E-state index contributed by atoms with van der Waals surface area (Å²) in [5.74, 6) is -1.91. The summed E-state index contributed by atoms with van der Waals surface area (Å²) in [5.41, 5.74) is 0. The van der Waals surface area contributed by atoms with Crippen molar-refractivity contribution in [2.45, 2.75) is 82.3 Å². The van der Waals surface area contributed by atoms with Crippen molar-refractivity contribution in [2.75, 3.05) is 6.61 Å². The van der Waals surface area contributed by atoms with Crippen molar-refractivity contribution in [3.63, 3.8) is 0 Å². The van der Waals surface area contributed by atoms with E-state index < -0.39 is 25.2 Å². The fraction of sp³-hybridized carbons (Fsp3) is 0.519. The molecule has 6 heteroatoms. The Hall–Kier alpha value is -1.83. The van der Waals surface area contributed by atoms with E-state index in [0.717, 1.165) is 23.2 Å². The maximum Gasteiger partial charge on any atom is 0.258 e. The van der Waals surface area contributed by atoms with Crippen molar-refractivity contribution >= 4 is 25.0 Å². The highest BCUT2D eigenvalue weighted by atomic mass is 28.4. The zero-order valence-electron chi connectivity index (χ0n) is 20.1. The zero-order valence-corrected chi connectivity index (χ0v) is 21.1. The van der Waals surface area contributed by atoms with E-state index in [-0.39, 0.29) is 6.10 Å². The molecule has 3 atom stereocenters. The molecule has 2 aromatic carbocycles. The van der Waals surface area contributed by atoms with Crippen LogP contribution in [-0.4, -0.2) is 49.1 Å². The third-order valence-corrected chi connectivity index (χ3v) is 11.6. The van der Waals surface area contributed by atoms with Gasteiger partial charge in [0.2, 0.25) is 0 Å². The minimum absolute atomic E-state index is 0.268. The first-order chi connectivity index (χ1) is 15.8. The molecule has 0 saturated carbocycles. The zero-order chi connectivity index (χ0) is 24.0. The van der Waals surface area contributed by atoms with Crippen LogP contribution < -0.4 is 10.4 Å². The van der Waals surface area contributed by atoms with Crippen molar-refractivity contribution in [3.8, 4) is 0 Å². The Labute approximate surface area is 198 Å². The Balaban J connectivity index is 1.76. The molecule has 1 saturated heterocycles. The minimum Gasteiger partial charge on any atom is -0.424 e. The highest BCUT2D eigenvalue weighted by Gasteiger charge is 2.51. The molecule has 0 aromatic heterocycles. The van der Waals surface area contributed by atoms with Gasteiger partial charge in [0.05, 0.1) is 6.10 Å². The molecule has 1 fully saturated rings. The first kappa shape index (κ1) is 25.8. The van der Waals surface area contributed by atoms with Gasteiger partial charge in [-0.3, -0.25) is 4.79 Å². The molecule has 5 nitrogen and oxygen atoms in total. The van der Waals surface area contributed by atoms with Gasteiger partial charge in [-0.05, 0) is 47.5 Å². The first-order valence-electron chi connectivity index (χ1n) is 12.1. The molecule has 1 unspecified atom stereocenters. The average molecular weight is 471 g/mol. The molecule has 0 amide bonds. The van der Waals surface area contributed by atoms with Crippen LogP contribution >= 0.6 is 0 Å². The van der Waals surface area contributed by atoms with Gasteiger partial charge in [-0.25, -0.2) is 0 Å². The second kappa shape index (κ2) is 11.1. The minimum atomic E-state index is -3.11. The van der Waals surface area contributed by atoms with Gasteiger partial charge >= 0.3 is 0 Å². The lowest BCUT2D eigenvalue weighted by molar-refractivity contribution is -0.284. The number of aldehydes is 1. The second-order valence-corrected chi connectivity index (χ2v) is 13.7. The molecular weight excluding hydrogens is 432 g/mol. The van der Waals surface area contributed by atoms with Crippen LogP contribution in [-0.2, 0) is 14.3 Å². The predicted octanol–water partition coefficient (Wildman–Crippen LogP) is 3.55. The topological polar surface area (TPSA) is 76.0 Å². The van der Waals surface area contributed by atoms with Crippen LogP contribution in [0, 0.1) is 0 Å². The van der Waals surface area contributed by atoms with E-state index in [1.165, 1.54) is 0 Å². The highest BCUT2D eigenvalue weighted by molar-refractivity contribution is 6.98. The number of rotatable bonds is 11. The summed E-state index contributed by atoms with van der Waals surface area (Å²) >= 11 is 0. The van der Waals surface area contributed by atoms with Crippen LogP contribution in [0.3, 0.4) is 0 Å². The number of hydrogen-bond acceptors (Lipinski definition) is 5. The number of hydrogen-bond donors (Lipinski definition) is 2. The maximum absolute atomic E-state index is 12.3. The fourth-order valence-corrected chi connectivity index (χ4v) is 8.59. The van der Waals surface area contributed by atoms with Crippen LogP contribution in [0.4, 0.5) is 0 Å². The summed E-state index contributed by atoms with van der Waals surface area (Å²) in [6.07, 6.45) is 4.05. The largest absolute Gasteiger partial charge is 0.424 e. The monoisotopic (exact) mass is 470 g/mol. The molecular formula is C27H38O5Si. The Morgan fingerprint density at radius 1 is 1.09 bits per heavy atom. The standard InChI is InChI=1S/C27H38O5Si/c1-4-5-20-31-25-17-16-22(32-27(25,29)21-28)18-19-26(2,3)33(30,23-12-8-6-9-13-23)24-14-10-7-11-15-24/h6-15,21-22,25,29-30H,4-5,16-20H2,1-3H3/t22-,25+,27?/m0/s1. The molecule has 0 radical (unpaired) electrons. The summed E-state index contributed by atoms with van der Waals surface area (Å²) in [7, 11) is -3.11. The lowest BCUT2D eigenvalue weighted by Crippen LogP contribution is -2.65. The normalized spacial score (nSPS) is 23.9. The smallest absolute Gasteiger partial charge is 0.258 e. The van der Waals surface area contributed by atoms with Crippen LogP contribution in [0.15, 0.2) is 60.7 Å². The lowest BCUT2D eigenvalue weighted by Gasteiger charge is -2.43. The highest BCUT2D eigenvalue weighted by Crippen LogP contribution is 2.42. The Morgan fingerprint density at radius 3 is 2.18 bits per heavy atom. The van der Waals surface area contributed by atoms with E-state index in [2.05, 4.69) is 20.8 Å². The average Bonchev–Trinajstić information content (AvgIpc) is 2.84. The summed E-state index contributed by atoms with van der Waals surface area (Å²) < 4.78 is 11.6. The van der Waals surface area contributed by atoms with Crippen LogP contribution in [0.1, 0.15) is 59.3 Å². The second-order valence-electron chi connectivity index (χ2n) is 9.76. The van der Waals surface area contributed by atoms with Gasteiger partial charge < -0.3 is 19.4 Å². The third-order valence-electron chi connectivity index (χ3n) is 7.01. The van der Waals surface area contributed by atoms with Crippen LogP contribution in [0.2, 0.25) is 5.04 Å². The van der Waals surface area contributed by atoms with Gasteiger partial charge in [0.15, 0.2) is 6.29 Å². The first-order valence-corrected chi connectivity index (χ1v) is 14.0. The number of aliphatic hydroxyl groups is 1. The molecule has 1 aliphatic rings. The van der Waals surface area contributed by atoms with E-state index in [4.69, 9.17) is 9.47 Å². The van der Waals surface area contributed by atoms with Crippen molar-refractivity contribution < 1.29 is 24.2 Å². The van der Waals surface area contributed by atoms with Gasteiger partial charge in [0, 0.05) is 6.61 Å². The Kier molecular flexibility index (Phi) is 8.64. The van der Waals surface area contributed by atoms with E-state index in [1.807, 2.05) is 60.7 Å². The fourth-order valence-electron chi connectivity index (χ4n) is 4.84. The van der Waals surface area contributed by atoms with E-state index in [1.54, 1.807) is 0 Å². The third kappa shape index (κ3) is 5.64. The number of unbranched alkanes of at least 4 members (excludes halogenated alkanes) is 1. The van der Waals surface area contributed by atoms with Crippen molar-refractivity contribution in [3.05, 3.63) is 60.7 Å². The molecule has 1 aliphatic heterocycles. The predicted molar refractivity (Wildman–Crippen MR) is 133 cm³/mol. The summed E-state index contributed by atoms with van der Waals surface area (Å²) in [5, 5.41) is 12.3. The molecule has 0 bridgehead atoms. The van der Waals surface area contributed by atoms with Gasteiger partial charge in [0.1, 0.15) is 6.10 Å². The molecule has 2 N–H and O–H groups in total. The van der Waals surface area contributed by atoms with E-state index >= 15 is 0 Å². The molecule has 1 heterocycles. The lowest BCUT2D eigenvalue weighted by atomic mass is 9.94. The SMILES string of the molecule is CCCCO[C@@H]1CC[C@@H](CCC(C)(C)[Si](O)(c2ccccc2)c2ccccc2)OC1(O)C=O. The van der Waals surface area contributed by atoms with Gasteiger partial charge in [-0.15, -0.1) is 0 Å².